The molecule has 0 aliphatic carbocycles. The number of carbonyl (C=O) groups is 1. The van der Waals surface area contributed by atoms with Gasteiger partial charge in [0.25, 0.3) is 0 Å². The van der Waals surface area contributed by atoms with E-state index >= 15 is 0 Å². The van der Waals surface area contributed by atoms with Crippen molar-refractivity contribution in [2.75, 3.05) is 0 Å². The molecule has 0 atom stereocenters. The third kappa shape index (κ3) is 8.13. The van der Waals surface area contributed by atoms with Gasteiger partial charge in [0, 0.05) is 14.7 Å². The fourth-order valence-corrected chi connectivity index (χ4v) is 7.45. The molecule has 3 aromatic carbocycles. The van der Waals surface area contributed by atoms with Crippen molar-refractivity contribution >= 4 is 16.3 Å². The maximum Gasteiger partial charge on any atom is 0.491 e. The first-order valence-corrected chi connectivity index (χ1v) is 14.8. The number of halogens is 3. The first-order valence-electron chi connectivity index (χ1n) is 13.2. The van der Waals surface area contributed by atoms with E-state index in [-0.39, 0.29) is 0 Å². The molecular weight excluding hydrogens is 493 g/mol. The monoisotopic (exact) mass is 530 g/mol. The molecule has 0 bridgehead atoms. The molecule has 0 aliphatic heterocycles. The fourth-order valence-electron chi connectivity index (χ4n) is 4.43. The highest BCUT2D eigenvalue weighted by molar-refractivity contribution is 8.30. The molecule has 0 aromatic heterocycles. The number of rotatable bonds is 14. The molecule has 6 heteroatoms. The van der Waals surface area contributed by atoms with E-state index < -0.39 is 22.5 Å². The molecule has 3 aromatic rings. The molecule has 0 saturated carbocycles. The first kappa shape index (κ1) is 28.8. The second-order valence-electron chi connectivity index (χ2n) is 9.27. The Bertz CT molecular complexity index is 1030. The number of benzene rings is 3. The van der Waals surface area contributed by atoms with Crippen LogP contribution in [0.5, 0.6) is 0 Å². The van der Waals surface area contributed by atoms with E-state index in [0.29, 0.717) is 14.7 Å². The smallest absolute Gasteiger partial charge is 0.395 e. The first-order chi connectivity index (χ1) is 17.9. The van der Waals surface area contributed by atoms with Gasteiger partial charge in [-0.05, 0) is 65.1 Å². The lowest BCUT2D eigenvalue weighted by Gasteiger charge is -2.39. The van der Waals surface area contributed by atoms with E-state index in [1.807, 2.05) is 24.3 Å². The van der Waals surface area contributed by atoms with Gasteiger partial charge in [-0.25, -0.2) is 4.79 Å². The highest BCUT2D eigenvalue weighted by atomic mass is 32.3. The van der Waals surface area contributed by atoms with Gasteiger partial charge in [-0.2, -0.15) is 13.2 Å². The number of carbonyl (C=O) groups excluding carboxylic acids is 1. The number of unbranched alkanes of at least 4 members (excludes halogenated alkanes) is 8. The maximum absolute atomic E-state index is 13.4. The zero-order valence-corrected chi connectivity index (χ0v) is 22.3. The summed E-state index contributed by atoms with van der Waals surface area (Å²) < 4.78 is 45.8. The van der Waals surface area contributed by atoms with Crippen molar-refractivity contribution in [2.24, 2.45) is 0 Å². The van der Waals surface area contributed by atoms with Crippen molar-refractivity contribution in [3.8, 4) is 0 Å². The van der Waals surface area contributed by atoms with Crippen LogP contribution in [0.1, 0.15) is 70.3 Å². The van der Waals surface area contributed by atoms with E-state index in [2.05, 4.69) is 6.92 Å². The van der Waals surface area contributed by atoms with Crippen molar-refractivity contribution in [2.45, 2.75) is 92.0 Å². The lowest BCUT2D eigenvalue weighted by molar-refractivity contribution is -0.188. The molecule has 0 fully saturated rings. The Morgan fingerprint density at radius 3 is 1.54 bits per heavy atom. The van der Waals surface area contributed by atoms with Gasteiger partial charge in [-0.3, -0.25) is 0 Å². The zero-order chi connectivity index (χ0) is 26.6. The quantitative estimate of drug-likeness (QED) is 0.194. The lowest BCUT2D eigenvalue weighted by atomic mass is 10.0. The Labute approximate surface area is 220 Å². The molecule has 200 valence electrons. The highest BCUT2D eigenvalue weighted by Gasteiger charge is 2.47. The SMILES string of the molecule is CCCCCCCCCCCc1ccc(S(OC(=O)C(F)(F)F)(c2ccccc2)c2ccccc2)cc1. The van der Waals surface area contributed by atoms with Crippen LogP contribution in [0.4, 0.5) is 13.2 Å². The van der Waals surface area contributed by atoms with Crippen LogP contribution >= 0.6 is 10.3 Å². The Hall–Kier alpha value is -2.73. The van der Waals surface area contributed by atoms with Crippen LogP contribution in [-0.2, 0) is 15.4 Å². The second-order valence-corrected chi connectivity index (χ2v) is 12.0. The summed E-state index contributed by atoms with van der Waals surface area (Å²) >= 11 is 0. The summed E-state index contributed by atoms with van der Waals surface area (Å²) in [6.45, 7) is 2.23. The van der Waals surface area contributed by atoms with Gasteiger partial charge in [0.1, 0.15) is 0 Å². The van der Waals surface area contributed by atoms with E-state index in [1.54, 1.807) is 60.7 Å². The Kier molecular flexibility index (Phi) is 11.1. The minimum atomic E-state index is -5.10. The van der Waals surface area contributed by atoms with Gasteiger partial charge in [0.05, 0.1) is 0 Å². The second kappa shape index (κ2) is 14.3. The van der Waals surface area contributed by atoms with Crippen LogP contribution in [0.2, 0.25) is 0 Å². The molecule has 0 radical (unpaired) electrons. The fraction of sp³-hybridized carbons (Fsp3) is 0.387. The van der Waals surface area contributed by atoms with Crippen LogP contribution in [0.3, 0.4) is 0 Å². The predicted octanol–water partition coefficient (Wildman–Crippen LogP) is 10.1. The number of aryl methyl sites for hydroxylation is 1. The van der Waals surface area contributed by atoms with E-state index in [0.717, 1.165) is 18.4 Å². The summed E-state index contributed by atoms with van der Waals surface area (Å²) in [4.78, 5) is 13.9. The molecule has 37 heavy (non-hydrogen) atoms. The Morgan fingerprint density at radius 1 is 0.649 bits per heavy atom. The lowest BCUT2D eigenvalue weighted by Crippen LogP contribution is -2.27. The topological polar surface area (TPSA) is 26.3 Å². The third-order valence-corrected chi connectivity index (χ3v) is 9.62. The summed E-state index contributed by atoms with van der Waals surface area (Å²) in [5.74, 6) is -2.19. The summed E-state index contributed by atoms with van der Waals surface area (Å²) in [7, 11) is -2.94. The average molecular weight is 531 g/mol. The number of alkyl halides is 3. The summed E-state index contributed by atoms with van der Waals surface area (Å²) in [6.07, 6.45) is 7.10. The van der Waals surface area contributed by atoms with Gasteiger partial charge in [-0.15, -0.1) is 0 Å². The standard InChI is InChI=1S/C31H37F3O2S/c1-2-3-4-5-6-7-8-9-12-17-26-22-24-29(25-23-26)37(27-18-13-10-14-19-27,28-20-15-11-16-21-28)36-30(35)31(32,33)34/h10-11,13-16,18-25H,2-9,12,17H2,1H3. The van der Waals surface area contributed by atoms with Crippen molar-refractivity contribution < 1.29 is 22.1 Å². The minimum absolute atomic E-state index is 0.533. The molecule has 0 saturated heterocycles. The molecule has 2 nitrogen and oxygen atoms in total. The molecule has 0 heterocycles. The Morgan fingerprint density at radius 2 is 1.08 bits per heavy atom. The third-order valence-electron chi connectivity index (χ3n) is 6.41. The van der Waals surface area contributed by atoms with Crippen LogP contribution in [0.25, 0.3) is 0 Å². The molecule has 3 rings (SSSR count). The van der Waals surface area contributed by atoms with Gasteiger partial charge >= 0.3 is 12.1 Å². The molecule has 0 amide bonds. The summed E-state index contributed by atoms with van der Waals surface area (Å²) in [6, 6.07) is 25.0. The molecule has 0 spiro atoms. The van der Waals surface area contributed by atoms with Gasteiger partial charge < -0.3 is 4.18 Å². The number of hydrogen-bond donors (Lipinski definition) is 0. The van der Waals surface area contributed by atoms with Gasteiger partial charge in [-0.1, -0.05) is 107 Å². The van der Waals surface area contributed by atoms with Gasteiger partial charge in [0.2, 0.25) is 0 Å². The minimum Gasteiger partial charge on any atom is -0.395 e. The summed E-state index contributed by atoms with van der Waals surface area (Å²) in [5.41, 5.74) is 1.13. The molecular formula is C31H37F3O2S. The van der Waals surface area contributed by atoms with Crippen LogP contribution in [-0.4, -0.2) is 12.1 Å². The zero-order valence-electron chi connectivity index (χ0n) is 21.5. The van der Waals surface area contributed by atoms with Crippen molar-refractivity contribution in [1.29, 1.82) is 0 Å². The average Bonchev–Trinajstić information content (AvgIpc) is 2.91. The van der Waals surface area contributed by atoms with Crippen LogP contribution in [0, 0.1) is 0 Å². The van der Waals surface area contributed by atoms with E-state index in [9.17, 15) is 18.0 Å². The van der Waals surface area contributed by atoms with E-state index in [4.69, 9.17) is 4.18 Å². The van der Waals surface area contributed by atoms with Crippen LogP contribution < -0.4 is 0 Å². The van der Waals surface area contributed by atoms with Crippen molar-refractivity contribution in [1.82, 2.24) is 0 Å². The normalized spacial score (nSPS) is 12.3. The van der Waals surface area contributed by atoms with E-state index in [1.165, 1.54) is 51.4 Å². The molecule has 0 N–H and O–H groups in total. The summed E-state index contributed by atoms with van der Waals surface area (Å²) in [5, 5.41) is 0. The van der Waals surface area contributed by atoms with Gasteiger partial charge in [0.15, 0.2) is 0 Å². The number of hydrogen-bond acceptors (Lipinski definition) is 2. The highest BCUT2D eigenvalue weighted by Crippen LogP contribution is 2.69. The predicted molar refractivity (Wildman–Crippen MR) is 145 cm³/mol. The Balaban J connectivity index is 1.80. The van der Waals surface area contributed by atoms with Crippen molar-refractivity contribution in [3.63, 3.8) is 0 Å². The largest absolute Gasteiger partial charge is 0.491 e. The molecule has 0 unspecified atom stereocenters. The maximum atomic E-state index is 13.4. The van der Waals surface area contributed by atoms with Crippen molar-refractivity contribution in [3.05, 3.63) is 90.5 Å². The molecule has 0 aliphatic rings. The van der Waals surface area contributed by atoms with Crippen LogP contribution in [0.15, 0.2) is 99.6 Å².